The molecule has 0 saturated carbocycles. The number of rotatable bonds is 4. The molecule has 0 heterocycles. The minimum atomic E-state index is -1.23. The van der Waals surface area contributed by atoms with Gasteiger partial charge >= 0.3 is 5.97 Å². The molecule has 21 heavy (non-hydrogen) atoms. The van der Waals surface area contributed by atoms with Crippen molar-refractivity contribution in [2.75, 3.05) is 5.32 Å². The summed E-state index contributed by atoms with van der Waals surface area (Å²) in [7, 11) is 0. The van der Waals surface area contributed by atoms with E-state index < -0.39 is 17.8 Å². The van der Waals surface area contributed by atoms with Crippen LogP contribution in [-0.2, 0) is 0 Å². The fourth-order valence-electron chi connectivity index (χ4n) is 1.96. The van der Waals surface area contributed by atoms with Crippen LogP contribution < -0.4 is 5.32 Å². The summed E-state index contributed by atoms with van der Waals surface area (Å²) in [4.78, 5) is 10.9. The van der Waals surface area contributed by atoms with Crippen LogP contribution in [0.4, 0.5) is 14.5 Å². The summed E-state index contributed by atoms with van der Waals surface area (Å²) in [5.41, 5.74) is 0.328. The maximum absolute atomic E-state index is 14.1. The number of carboxylic acid groups (broad SMARTS) is 1. The molecule has 2 aromatic rings. The maximum Gasteiger partial charge on any atom is 0.336 e. The van der Waals surface area contributed by atoms with E-state index in [4.69, 9.17) is 5.11 Å². The topological polar surface area (TPSA) is 49.3 Å². The highest BCUT2D eigenvalue weighted by molar-refractivity contribution is 9.10. The van der Waals surface area contributed by atoms with Gasteiger partial charge in [-0.15, -0.1) is 0 Å². The predicted molar refractivity (Wildman–Crippen MR) is 79.5 cm³/mol. The lowest BCUT2D eigenvalue weighted by Gasteiger charge is -2.17. The van der Waals surface area contributed by atoms with Crippen molar-refractivity contribution >= 4 is 27.6 Å². The van der Waals surface area contributed by atoms with Gasteiger partial charge in [0.25, 0.3) is 0 Å². The zero-order valence-corrected chi connectivity index (χ0v) is 12.6. The summed E-state index contributed by atoms with van der Waals surface area (Å²) < 4.78 is 27.7. The fraction of sp³-hybridized carbons (Fsp3) is 0.133. The number of carbonyl (C=O) groups is 1. The number of halogens is 3. The van der Waals surface area contributed by atoms with Crippen LogP contribution in [0.15, 0.2) is 40.9 Å². The van der Waals surface area contributed by atoms with Gasteiger partial charge in [-0.25, -0.2) is 13.6 Å². The predicted octanol–water partition coefficient (Wildman–Crippen LogP) is 4.60. The van der Waals surface area contributed by atoms with Crippen molar-refractivity contribution in [2.24, 2.45) is 0 Å². The minimum absolute atomic E-state index is 0.0997. The molecule has 0 bridgehead atoms. The van der Waals surface area contributed by atoms with E-state index >= 15 is 0 Å². The first kappa shape index (κ1) is 15.4. The highest BCUT2D eigenvalue weighted by atomic mass is 79.9. The lowest BCUT2D eigenvalue weighted by Crippen LogP contribution is -2.11. The summed E-state index contributed by atoms with van der Waals surface area (Å²) in [6.45, 7) is 1.69. The summed E-state index contributed by atoms with van der Waals surface area (Å²) in [5.74, 6) is -2.34. The molecule has 0 radical (unpaired) electrons. The molecule has 0 aliphatic rings. The number of anilines is 1. The molecule has 0 fully saturated rings. The Morgan fingerprint density at radius 3 is 2.52 bits per heavy atom. The van der Waals surface area contributed by atoms with Gasteiger partial charge in [-0.1, -0.05) is 18.2 Å². The van der Waals surface area contributed by atoms with Crippen molar-refractivity contribution in [3.8, 4) is 0 Å². The van der Waals surface area contributed by atoms with Crippen LogP contribution in [0.5, 0.6) is 0 Å². The Hall–Kier alpha value is -1.95. The normalized spacial score (nSPS) is 12.0. The molecular weight excluding hydrogens is 344 g/mol. The van der Waals surface area contributed by atoms with Crippen LogP contribution in [0.2, 0.25) is 0 Å². The van der Waals surface area contributed by atoms with Crippen LogP contribution in [0.3, 0.4) is 0 Å². The van der Waals surface area contributed by atoms with Crippen molar-refractivity contribution in [1.29, 1.82) is 0 Å². The molecule has 1 unspecified atom stereocenters. The molecule has 2 rings (SSSR count). The van der Waals surface area contributed by atoms with Crippen LogP contribution in [-0.4, -0.2) is 11.1 Å². The summed E-state index contributed by atoms with van der Waals surface area (Å²) in [6, 6.07) is 8.33. The van der Waals surface area contributed by atoms with E-state index in [9.17, 15) is 13.6 Å². The second-order valence-electron chi connectivity index (χ2n) is 4.48. The monoisotopic (exact) mass is 355 g/mol. The SMILES string of the molecule is CC(Nc1ccc(C(=O)O)c(Br)c1F)c1ccccc1F. The second-order valence-corrected chi connectivity index (χ2v) is 5.27. The molecule has 110 valence electrons. The number of hydrogen-bond acceptors (Lipinski definition) is 2. The second kappa shape index (κ2) is 6.22. The standard InChI is InChI=1S/C15H12BrF2NO2/c1-8(9-4-2-3-5-11(9)17)19-12-7-6-10(15(20)21)13(16)14(12)18/h2-8,19H,1H3,(H,20,21). The van der Waals surface area contributed by atoms with Gasteiger partial charge in [0.1, 0.15) is 5.82 Å². The van der Waals surface area contributed by atoms with Gasteiger partial charge in [0.05, 0.1) is 21.8 Å². The Morgan fingerprint density at radius 2 is 1.90 bits per heavy atom. The van der Waals surface area contributed by atoms with Crippen molar-refractivity contribution in [1.82, 2.24) is 0 Å². The van der Waals surface area contributed by atoms with E-state index in [0.29, 0.717) is 5.56 Å². The zero-order chi connectivity index (χ0) is 15.6. The molecule has 2 aromatic carbocycles. The first-order valence-corrected chi connectivity index (χ1v) is 6.93. The first-order chi connectivity index (χ1) is 9.91. The third kappa shape index (κ3) is 3.21. The molecule has 0 aliphatic heterocycles. The van der Waals surface area contributed by atoms with Gasteiger partial charge in [0.2, 0.25) is 0 Å². The Morgan fingerprint density at radius 1 is 1.24 bits per heavy atom. The lowest BCUT2D eigenvalue weighted by molar-refractivity contribution is 0.0695. The van der Waals surface area contributed by atoms with Gasteiger partial charge in [-0.2, -0.15) is 0 Å². The molecule has 1 atom stereocenters. The van der Waals surface area contributed by atoms with E-state index in [2.05, 4.69) is 21.2 Å². The zero-order valence-electron chi connectivity index (χ0n) is 11.0. The average Bonchev–Trinajstić information content (AvgIpc) is 2.44. The molecule has 2 N–H and O–H groups in total. The summed E-state index contributed by atoms with van der Waals surface area (Å²) in [6.07, 6.45) is 0. The first-order valence-electron chi connectivity index (χ1n) is 6.14. The third-order valence-electron chi connectivity index (χ3n) is 3.06. The van der Waals surface area contributed by atoms with E-state index in [1.165, 1.54) is 18.2 Å². The van der Waals surface area contributed by atoms with E-state index in [1.54, 1.807) is 25.1 Å². The molecular formula is C15H12BrF2NO2. The molecule has 0 aromatic heterocycles. The van der Waals surface area contributed by atoms with Crippen molar-refractivity contribution in [3.63, 3.8) is 0 Å². The van der Waals surface area contributed by atoms with Crippen LogP contribution in [0, 0.1) is 11.6 Å². The van der Waals surface area contributed by atoms with Gasteiger partial charge in [0, 0.05) is 5.56 Å². The van der Waals surface area contributed by atoms with Gasteiger partial charge in [-0.3, -0.25) is 0 Å². The quantitative estimate of drug-likeness (QED) is 0.842. The maximum atomic E-state index is 14.1. The largest absolute Gasteiger partial charge is 0.478 e. The number of benzene rings is 2. The fourth-order valence-corrected chi connectivity index (χ4v) is 2.48. The summed E-state index contributed by atoms with van der Waals surface area (Å²) in [5, 5.41) is 11.7. The van der Waals surface area contributed by atoms with Gasteiger partial charge in [0.15, 0.2) is 5.82 Å². The Balaban J connectivity index is 2.30. The van der Waals surface area contributed by atoms with E-state index in [-0.39, 0.29) is 21.5 Å². The number of carboxylic acids is 1. The summed E-state index contributed by atoms with van der Waals surface area (Å²) >= 11 is 2.92. The van der Waals surface area contributed by atoms with Crippen molar-refractivity contribution < 1.29 is 18.7 Å². The molecule has 6 heteroatoms. The highest BCUT2D eigenvalue weighted by Crippen LogP contribution is 2.30. The van der Waals surface area contributed by atoms with Gasteiger partial charge < -0.3 is 10.4 Å². The third-order valence-corrected chi connectivity index (χ3v) is 3.83. The van der Waals surface area contributed by atoms with E-state index in [1.807, 2.05) is 0 Å². The Labute approximate surface area is 128 Å². The lowest BCUT2D eigenvalue weighted by atomic mass is 10.1. The number of nitrogens with one attached hydrogen (secondary N) is 1. The minimum Gasteiger partial charge on any atom is -0.478 e. The van der Waals surface area contributed by atoms with Crippen LogP contribution in [0.25, 0.3) is 0 Å². The molecule has 0 spiro atoms. The molecule has 0 saturated heterocycles. The Bertz CT molecular complexity index is 691. The Kier molecular flexibility index (Phi) is 4.57. The average molecular weight is 356 g/mol. The number of aromatic carboxylic acids is 1. The smallest absolute Gasteiger partial charge is 0.336 e. The van der Waals surface area contributed by atoms with Crippen LogP contribution >= 0.6 is 15.9 Å². The van der Waals surface area contributed by atoms with Crippen molar-refractivity contribution in [3.05, 3.63) is 63.6 Å². The molecule has 0 amide bonds. The number of hydrogen-bond donors (Lipinski definition) is 2. The molecule has 3 nitrogen and oxygen atoms in total. The van der Waals surface area contributed by atoms with E-state index in [0.717, 1.165) is 0 Å². The van der Waals surface area contributed by atoms with Crippen molar-refractivity contribution in [2.45, 2.75) is 13.0 Å². The van der Waals surface area contributed by atoms with Gasteiger partial charge in [-0.05, 0) is 41.1 Å². The highest BCUT2D eigenvalue weighted by Gasteiger charge is 2.18. The molecule has 0 aliphatic carbocycles. The van der Waals surface area contributed by atoms with Crippen LogP contribution in [0.1, 0.15) is 28.9 Å².